The van der Waals surface area contributed by atoms with Crippen LogP contribution in [0.4, 0.5) is 0 Å². The largest absolute Gasteiger partial charge is 0.389 e. The van der Waals surface area contributed by atoms with Gasteiger partial charge in [0.05, 0.1) is 9.68 Å². The number of fused-ring (bicyclic) bond motifs is 5. The first-order chi connectivity index (χ1) is 13.0. The van der Waals surface area contributed by atoms with Crippen LogP contribution in [-0.2, 0) is 0 Å². The first-order valence-electron chi connectivity index (χ1n) is 11.4. The van der Waals surface area contributed by atoms with Crippen molar-refractivity contribution in [3.63, 3.8) is 0 Å². The molecule has 5 aliphatic rings. The van der Waals surface area contributed by atoms with Crippen LogP contribution in [-0.4, -0.2) is 26.3 Å². The summed E-state index contributed by atoms with van der Waals surface area (Å²) in [4.78, 5) is 0. The summed E-state index contributed by atoms with van der Waals surface area (Å²) >= 11 is 4.41. The molecular weight excluding hydrogens is 368 g/mol. The van der Waals surface area contributed by atoms with E-state index in [-0.39, 0.29) is 5.41 Å². The molecule has 4 unspecified atom stereocenters. The second kappa shape index (κ2) is 6.57. The smallest absolute Gasteiger partial charge is 0.0794 e. The summed E-state index contributed by atoms with van der Waals surface area (Å²) < 4.78 is 0.414. The molecule has 0 aromatic rings. The summed E-state index contributed by atoms with van der Waals surface area (Å²) in [5.41, 5.74) is 2.92. The zero-order chi connectivity index (χ0) is 18.9. The predicted molar refractivity (Wildman–Crippen MR) is 119 cm³/mol. The SMILES string of the molecule is C=C1C[C@@]2(CC)C(CC[C@@]2(O)CC)C2CCC3=CC4(CCC3C12)SCCS4. The monoisotopic (exact) mass is 404 g/mol. The zero-order valence-corrected chi connectivity index (χ0v) is 18.8. The van der Waals surface area contributed by atoms with Crippen molar-refractivity contribution >= 4 is 23.5 Å². The van der Waals surface area contributed by atoms with E-state index in [2.05, 4.69) is 50.0 Å². The quantitative estimate of drug-likeness (QED) is 0.535. The van der Waals surface area contributed by atoms with E-state index in [1.165, 1.54) is 49.2 Å². The highest BCUT2D eigenvalue weighted by Gasteiger charge is 2.64. The molecule has 1 nitrogen and oxygen atoms in total. The lowest BCUT2D eigenvalue weighted by Gasteiger charge is -2.58. The van der Waals surface area contributed by atoms with E-state index >= 15 is 0 Å². The maximum atomic E-state index is 11.6. The van der Waals surface area contributed by atoms with Crippen molar-refractivity contribution in [1.29, 1.82) is 0 Å². The molecule has 3 heteroatoms. The molecule has 1 heterocycles. The molecule has 150 valence electrons. The minimum absolute atomic E-state index is 0.105. The Morgan fingerprint density at radius 3 is 2.59 bits per heavy atom. The second-order valence-electron chi connectivity index (χ2n) is 9.98. The number of allylic oxidation sites excluding steroid dienone is 2. The third-order valence-electron chi connectivity index (χ3n) is 9.37. The molecule has 1 spiro atoms. The summed E-state index contributed by atoms with van der Waals surface area (Å²) in [6.07, 6.45) is 13.5. The fourth-order valence-corrected chi connectivity index (χ4v) is 11.4. The standard InChI is InChI=1S/C24H36OS2/c1-4-22-14-16(3)21-18-8-11-24(26-12-13-27-24)15-17(18)6-7-19(21)20(22)9-10-23(22,25)5-2/h15,18-21,25H,3-14H2,1-2H3/t18?,19?,20?,21?,22-,23-/m0/s1. The molecule has 3 saturated carbocycles. The molecule has 1 aliphatic heterocycles. The van der Waals surface area contributed by atoms with Gasteiger partial charge in [0.15, 0.2) is 0 Å². The van der Waals surface area contributed by atoms with Crippen LogP contribution in [0.2, 0.25) is 0 Å². The lowest BCUT2D eigenvalue weighted by Crippen LogP contribution is -2.54. The van der Waals surface area contributed by atoms with Crippen LogP contribution in [0, 0.1) is 29.1 Å². The molecule has 4 fully saturated rings. The first-order valence-corrected chi connectivity index (χ1v) is 13.3. The van der Waals surface area contributed by atoms with Gasteiger partial charge < -0.3 is 5.11 Å². The van der Waals surface area contributed by atoms with Crippen LogP contribution in [0.3, 0.4) is 0 Å². The van der Waals surface area contributed by atoms with Gasteiger partial charge in [0.1, 0.15) is 0 Å². The van der Waals surface area contributed by atoms with Crippen molar-refractivity contribution in [3.8, 4) is 0 Å². The average Bonchev–Trinajstić information content (AvgIpc) is 3.25. The minimum Gasteiger partial charge on any atom is -0.389 e. The van der Waals surface area contributed by atoms with Gasteiger partial charge in [0, 0.05) is 16.9 Å². The van der Waals surface area contributed by atoms with E-state index in [1.54, 1.807) is 5.57 Å². The van der Waals surface area contributed by atoms with Crippen LogP contribution in [0.5, 0.6) is 0 Å². The van der Waals surface area contributed by atoms with E-state index in [1.807, 2.05) is 0 Å². The number of hydrogen-bond acceptors (Lipinski definition) is 3. The second-order valence-corrected chi connectivity index (χ2v) is 13.1. The Morgan fingerprint density at radius 2 is 1.89 bits per heavy atom. The van der Waals surface area contributed by atoms with Crippen LogP contribution in [0.25, 0.3) is 0 Å². The van der Waals surface area contributed by atoms with E-state index < -0.39 is 5.60 Å². The Kier molecular flexibility index (Phi) is 4.65. The van der Waals surface area contributed by atoms with Crippen molar-refractivity contribution in [2.75, 3.05) is 11.5 Å². The summed E-state index contributed by atoms with van der Waals surface area (Å²) in [7, 11) is 0. The van der Waals surface area contributed by atoms with Crippen LogP contribution < -0.4 is 0 Å². The molecule has 1 saturated heterocycles. The fraction of sp³-hybridized carbons (Fsp3) is 0.833. The van der Waals surface area contributed by atoms with Gasteiger partial charge in [-0.1, -0.05) is 37.6 Å². The van der Waals surface area contributed by atoms with Gasteiger partial charge in [-0.2, -0.15) is 0 Å². The number of thioether (sulfide) groups is 2. The fourth-order valence-electron chi connectivity index (χ4n) is 8.17. The van der Waals surface area contributed by atoms with Crippen molar-refractivity contribution in [1.82, 2.24) is 0 Å². The van der Waals surface area contributed by atoms with E-state index in [4.69, 9.17) is 0 Å². The third-order valence-corrected chi connectivity index (χ3v) is 12.8. The molecule has 5 rings (SSSR count). The van der Waals surface area contributed by atoms with Crippen LogP contribution in [0.15, 0.2) is 23.8 Å². The van der Waals surface area contributed by atoms with Gasteiger partial charge in [-0.25, -0.2) is 0 Å². The van der Waals surface area contributed by atoms with Crippen molar-refractivity contribution < 1.29 is 5.11 Å². The number of aliphatic hydroxyl groups is 1. The molecule has 0 bridgehead atoms. The Bertz CT molecular complexity index is 663. The first kappa shape index (κ1) is 19.1. The van der Waals surface area contributed by atoms with E-state index in [9.17, 15) is 5.11 Å². The molecule has 0 aromatic heterocycles. The molecule has 1 N–H and O–H groups in total. The summed E-state index contributed by atoms with van der Waals surface area (Å²) in [5, 5.41) is 11.6. The normalized spacial score (nSPS) is 48.1. The number of rotatable bonds is 2. The van der Waals surface area contributed by atoms with Gasteiger partial charge in [0.25, 0.3) is 0 Å². The highest BCUT2D eigenvalue weighted by Crippen LogP contribution is 2.68. The highest BCUT2D eigenvalue weighted by atomic mass is 32.2. The summed E-state index contributed by atoms with van der Waals surface area (Å²) in [6.45, 7) is 9.22. The van der Waals surface area contributed by atoms with Gasteiger partial charge in [-0.3, -0.25) is 0 Å². The van der Waals surface area contributed by atoms with Crippen molar-refractivity contribution in [2.45, 2.75) is 81.3 Å². The molecule has 4 aliphatic carbocycles. The Morgan fingerprint density at radius 1 is 1.11 bits per heavy atom. The highest BCUT2D eigenvalue weighted by molar-refractivity contribution is 8.21. The predicted octanol–water partition coefficient (Wildman–Crippen LogP) is 6.43. The van der Waals surface area contributed by atoms with Gasteiger partial charge >= 0.3 is 0 Å². The van der Waals surface area contributed by atoms with Crippen molar-refractivity contribution in [3.05, 3.63) is 23.8 Å². The molecule has 6 atom stereocenters. The van der Waals surface area contributed by atoms with Crippen LogP contribution in [0.1, 0.15) is 71.6 Å². The maximum absolute atomic E-state index is 11.6. The van der Waals surface area contributed by atoms with E-state index in [0.717, 1.165) is 43.4 Å². The van der Waals surface area contributed by atoms with Crippen molar-refractivity contribution in [2.24, 2.45) is 29.1 Å². The Balaban J connectivity index is 1.48. The van der Waals surface area contributed by atoms with Gasteiger partial charge in [-0.15, -0.1) is 23.5 Å². The van der Waals surface area contributed by atoms with Gasteiger partial charge in [0.2, 0.25) is 0 Å². The Labute approximate surface area is 174 Å². The lowest BCUT2D eigenvalue weighted by atomic mass is 9.48. The zero-order valence-electron chi connectivity index (χ0n) is 17.1. The molecular formula is C24H36OS2. The molecule has 0 amide bonds. The molecule has 0 aromatic carbocycles. The van der Waals surface area contributed by atoms with Crippen LogP contribution >= 0.6 is 23.5 Å². The summed E-state index contributed by atoms with van der Waals surface area (Å²) in [6, 6.07) is 0. The topological polar surface area (TPSA) is 20.2 Å². The van der Waals surface area contributed by atoms with E-state index in [0.29, 0.717) is 10.00 Å². The Hall–Kier alpha value is 0.140. The minimum atomic E-state index is -0.454. The molecule has 27 heavy (non-hydrogen) atoms. The third kappa shape index (κ3) is 2.56. The summed E-state index contributed by atoms with van der Waals surface area (Å²) in [5.74, 6) is 5.60. The maximum Gasteiger partial charge on any atom is 0.0794 e. The average molecular weight is 405 g/mol. The molecule has 0 radical (unpaired) electrons. The number of hydrogen-bond donors (Lipinski definition) is 1. The van der Waals surface area contributed by atoms with Gasteiger partial charge in [-0.05, 0) is 81.5 Å². The lowest BCUT2D eigenvalue weighted by molar-refractivity contribution is -0.115.